The maximum Gasteiger partial charge on any atom is 0.243 e. The molecule has 0 amide bonds. The van der Waals surface area contributed by atoms with Crippen LogP contribution in [0.1, 0.15) is 11.1 Å². The number of sulfonamides is 1. The quantitative estimate of drug-likeness (QED) is 0.259. The lowest BCUT2D eigenvalue weighted by molar-refractivity contribution is 0.401. The maximum absolute atomic E-state index is 13.8. The van der Waals surface area contributed by atoms with Crippen molar-refractivity contribution in [1.29, 1.82) is 0 Å². The summed E-state index contributed by atoms with van der Waals surface area (Å²) >= 11 is 5.47. The molecule has 0 aliphatic carbocycles. The predicted octanol–water partition coefficient (Wildman–Crippen LogP) is 5.99. The van der Waals surface area contributed by atoms with Gasteiger partial charge in [0.05, 0.1) is 10.6 Å². The molecule has 1 heterocycles. The maximum atomic E-state index is 13.8. The van der Waals surface area contributed by atoms with Gasteiger partial charge in [0.2, 0.25) is 10.0 Å². The van der Waals surface area contributed by atoms with Gasteiger partial charge in [-0.1, -0.05) is 91.0 Å². The summed E-state index contributed by atoms with van der Waals surface area (Å²) < 4.78 is 31.3. The highest BCUT2D eigenvalue weighted by molar-refractivity contribution is 7.89. The van der Waals surface area contributed by atoms with E-state index in [-0.39, 0.29) is 18.0 Å². The summed E-state index contributed by atoms with van der Waals surface area (Å²) in [7, 11) is -3.78. The van der Waals surface area contributed by atoms with Gasteiger partial charge in [0, 0.05) is 18.7 Å². The van der Waals surface area contributed by atoms with Crippen LogP contribution in [0.3, 0.4) is 0 Å². The molecule has 5 aromatic rings. The van der Waals surface area contributed by atoms with Crippen LogP contribution in [-0.4, -0.2) is 27.5 Å². The number of aromatic amines is 1. The Morgan fingerprint density at radius 2 is 1.22 bits per heavy atom. The Labute approximate surface area is 215 Å². The highest BCUT2D eigenvalue weighted by atomic mass is 32.2. The van der Waals surface area contributed by atoms with E-state index in [0.29, 0.717) is 10.6 Å². The van der Waals surface area contributed by atoms with Crippen LogP contribution in [-0.2, 0) is 23.1 Å². The molecule has 0 fully saturated rings. The van der Waals surface area contributed by atoms with Gasteiger partial charge < -0.3 is 0 Å². The molecule has 0 aliphatic rings. The molecule has 1 aromatic heterocycles. The van der Waals surface area contributed by atoms with Crippen LogP contribution in [0.25, 0.3) is 17.1 Å². The van der Waals surface area contributed by atoms with Crippen molar-refractivity contribution in [2.24, 2.45) is 0 Å². The minimum Gasteiger partial charge on any atom is -0.268 e. The fourth-order valence-corrected chi connectivity index (χ4v) is 5.69. The monoisotopic (exact) mass is 512 g/mol. The molecule has 0 aliphatic heterocycles. The Hall–Kier alpha value is -3.85. The van der Waals surface area contributed by atoms with Crippen molar-refractivity contribution in [3.05, 3.63) is 131 Å². The van der Waals surface area contributed by atoms with Gasteiger partial charge in [0.1, 0.15) is 0 Å². The molecule has 0 unspecified atom stereocenters. The average Bonchev–Trinajstić information content (AvgIpc) is 3.31. The summed E-state index contributed by atoms with van der Waals surface area (Å²) in [6.07, 6.45) is 0. The number of benzene rings is 4. The number of hydrogen-bond acceptors (Lipinski definition) is 4. The Morgan fingerprint density at radius 3 is 1.75 bits per heavy atom. The van der Waals surface area contributed by atoms with Crippen LogP contribution in [0, 0.1) is 4.77 Å². The van der Waals surface area contributed by atoms with E-state index in [1.165, 1.54) is 4.31 Å². The fraction of sp³-hybridized carbons (Fsp3) is 0.0714. The molecular formula is C28H24N4O2S2. The van der Waals surface area contributed by atoms with Gasteiger partial charge in [-0.05, 0) is 47.6 Å². The first kappa shape index (κ1) is 23.9. The standard InChI is InChI=1S/C28H24N4O2S2/c33-36(34,31(20-22-10-4-1-5-11-22)21-23-12-6-2-7-13-23)26-18-16-25(17-19-26)32-27(29-30-28(32)35)24-14-8-3-9-15-24/h1-19H,20-21H2,(H,30,35). The number of aromatic nitrogens is 3. The molecule has 0 atom stereocenters. The summed E-state index contributed by atoms with van der Waals surface area (Å²) in [5, 5.41) is 7.22. The van der Waals surface area contributed by atoms with E-state index < -0.39 is 10.0 Å². The van der Waals surface area contributed by atoms with Crippen molar-refractivity contribution < 1.29 is 8.42 Å². The number of H-pyrrole nitrogens is 1. The molecule has 0 spiro atoms. The Balaban J connectivity index is 1.49. The zero-order valence-corrected chi connectivity index (χ0v) is 21.0. The first-order chi connectivity index (χ1) is 17.5. The summed E-state index contributed by atoms with van der Waals surface area (Å²) in [5.41, 5.74) is 3.47. The molecule has 8 heteroatoms. The highest BCUT2D eigenvalue weighted by Crippen LogP contribution is 2.25. The molecule has 0 saturated heterocycles. The molecule has 6 nitrogen and oxygen atoms in total. The largest absolute Gasteiger partial charge is 0.268 e. The average molecular weight is 513 g/mol. The van der Waals surface area contributed by atoms with E-state index in [1.54, 1.807) is 28.8 Å². The van der Waals surface area contributed by atoms with Crippen LogP contribution in [0.5, 0.6) is 0 Å². The van der Waals surface area contributed by atoms with Crippen molar-refractivity contribution in [3.63, 3.8) is 0 Å². The lowest BCUT2D eigenvalue weighted by Gasteiger charge is -2.23. The van der Waals surface area contributed by atoms with Crippen molar-refractivity contribution in [2.45, 2.75) is 18.0 Å². The second-order valence-corrected chi connectivity index (χ2v) is 10.6. The van der Waals surface area contributed by atoms with Gasteiger partial charge >= 0.3 is 0 Å². The van der Waals surface area contributed by atoms with Crippen molar-refractivity contribution in [1.82, 2.24) is 19.1 Å². The Kier molecular flexibility index (Phi) is 6.90. The molecule has 180 valence electrons. The first-order valence-electron chi connectivity index (χ1n) is 11.4. The van der Waals surface area contributed by atoms with Gasteiger partial charge in [-0.2, -0.15) is 9.40 Å². The van der Waals surface area contributed by atoms with E-state index in [1.807, 2.05) is 91.0 Å². The van der Waals surface area contributed by atoms with Crippen molar-refractivity contribution in [3.8, 4) is 17.1 Å². The summed E-state index contributed by atoms with van der Waals surface area (Å²) in [4.78, 5) is 0.217. The third-order valence-corrected chi connectivity index (χ3v) is 7.92. The molecule has 5 rings (SSSR count). The minimum absolute atomic E-state index is 0.217. The third kappa shape index (κ3) is 5.06. The van der Waals surface area contributed by atoms with E-state index in [2.05, 4.69) is 10.2 Å². The van der Waals surface area contributed by atoms with Gasteiger partial charge in [-0.15, -0.1) is 0 Å². The second kappa shape index (κ2) is 10.4. The smallest absolute Gasteiger partial charge is 0.243 e. The molecule has 4 aromatic carbocycles. The summed E-state index contributed by atoms with van der Waals surface area (Å²) in [6, 6.07) is 35.7. The van der Waals surface area contributed by atoms with Crippen molar-refractivity contribution in [2.75, 3.05) is 0 Å². The van der Waals surface area contributed by atoms with E-state index in [9.17, 15) is 8.42 Å². The zero-order valence-electron chi connectivity index (χ0n) is 19.4. The highest BCUT2D eigenvalue weighted by Gasteiger charge is 2.25. The van der Waals surface area contributed by atoms with Gasteiger partial charge in [-0.3, -0.25) is 9.67 Å². The topological polar surface area (TPSA) is 71.0 Å². The number of hydrogen-bond donors (Lipinski definition) is 1. The molecule has 36 heavy (non-hydrogen) atoms. The van der Waals surface area contributed by atoms with Gasteiger partial charge in [0.25, 0.3) is 0 Å². The second-order valence-electron chi connectivity index (χ2n) is 8.29. The molecule has 1 N–H and O–H groups in total. The van der Waals surface area contributed by atoms with Crippen LogP contribution in [0.15, 0.2) is 120 Å². The van der Waals surface area contributed by atoms with Gasteiger partial charge in [0.15, 0.2) is 10.6 Å². The fourth-order valence-electron chi connectivity index (χ4n) is 4.03. The lowest BCUT2D eigenvalue weighted by Crippen LogP contribution is -2.30. The number of rotatable bonds is 8. The lowest BCUT2D eigenvalue weighted by atomic mass is 10.2. The van der Waals surface area contributed by atoms with Gasteiger partial charge in [-0.25, -0.2) is 8.42 Å². The third-order valence-electron chi connectivity index (χ3n) is 5.84. The molecule has 0 radical (unpaired) electrons. The van der Waals surface area contributed by atoms with Crippen LogP contribution in [0.2, 0.25) is 0 Å². The van der Waals surface area contributed by atoms with Crippen LogP contribution in [0.4, 0.5) is 0 Å². The zero-order chi connectivity index (χ0) is 25.0. The van der Waals surface area contributed by atoms with Crippen molar-refractivity contribution >= 4 is 22.2 Å². The molecule has 0 saturated carbocycles. The molecule has 0 bridgehead atoms. The number of nitrogens with one attached hydrogen (secondary N) is 1. The first-order valence-corrected chi connectivity index (χ1v) is 13.3. The normalized spacial score (nSPS) is 11.6. The molecular weight excluding hydrogens is 488 g/mol. The Bertz CT molecular complexity index is 1560. The van der Waals surface area contributed by atoms with Crippen LogP contribution >= 0.6 is 12.2 Å². The van der Waals surface area contributed by atoms with E-state index in [0.717, 1.165) is 22.4 Å². The number of nitrogens with zero attached hydrogens (tertiary/aromatic N) is 3. The Morgan fingerprint density at radius 1 is 0.722 bits per heavy atom. The predicted molar refractivity (Wildman–Crippen MR) is 144 cm³/mol. The van der Waals surface area contributed by atoms with E-state index in [4.69, 9.17) is 12.2 Å². The van der Waals surface area contributed by atoms with E-state index >= 15 is 0 Å². The minimum atomic E-state index is -3.78. The summed E-state index contributed by atoms with van der Waals surface area (Å²) in [5.74, 6) is 0.658. The van der Waals surface area contributed by atoms with Crippen LogP contribution < -0.4 is 0 Å². The SMILES string of the molecule is O=S(=O)(c1ccc(-n2c(-c3ccccc3)n[nH]c2=S)cc1)N(Cc1ccccc1)Cc1ccccc1. The summed E-state index contributed by atoms with van der Waals surface area (Å²) in [6.45, 7) is 0.537.